The molecule has 0 unspecified atom stereocenters. The number of hydrogen-bond donors (Lipinski definition) is 1. The lowest BCUT2D eigenvalue weighted by Gasteiger charge is -2.35. The quantitative estimate of drug-likeness (QED) is 0.143. The fourth-order valence-corrected chi connectivity index (χ4v) is 6.90. The maximum atomic E-state index is 13.9. The number of rotatable bonds is 9. The maximum Gasteiger partial charge on any atom is 0.355 e. The van der Waals surface area contributed by atoms with Crippen LogP contribution in [0.1, 0.15) is 48.1 Å². The number of esters is 2. The minimum Gasteiger partial charge on any atom is -0.497 e. The van der Waals surface area contributed by atoms with Crippen LogP contribution >= 0.6 is 0 Å². The van der Waals surface area contributed by atoms with Crippen molar-refractivity contribution in [2.24, 2.45) is 4.99 Å². The van der Waals surface area contributed by atoms with E-state index in [0.29, 0.717) is 29.2 Å². The van der Waals surface area contributed by atoms with Crippen LogP contribution < -0.4 is 15.0 Å². The summed E-state index contributed by atoms with van der Waals surface area (Å²) in [5, 5.41) is 1.02. The van der Waals surface area contributed by atoms with E-state index >= 15 is 0 Å². The normalized spacial score (nSPS) is 17.0. The zero-order valence-corrected chi connectivity index (χ0v) is 27.3. The van der Waals surface area contributed by atoms with Crippen molar-refractivity contribution < 1.29 is 32.2 Å². The molecule has 6 rings (SSSR count). The summed E-state index contributed by atoms with van der Waals surface area (Å²) < 4.78 is 44.6. The van der Waals surface area contributed by atoms with Crippen LogP contribution in [0.2, 0.25) is 0 Å². The lowest BCUT2D eigenvalue weighted by Crippen LogP contribution is -2.48. The van der Waals surface area contributed by atoms with Crippen LogP contribution in [0.3, 0.4) is 0 Å². The number of para-hydroxylation sites is 1. The third-order valence-electron chi connectivity index (χ3n) is 8.56. The molecule has 2 aliphatic heterocycles. The first-order chi connectivity index (χ1) is 22.5. The summed E-state index contributed by atoms with van der Waals surface area (Å²) in [5.41, 5.74) is 2.93. The summed E-state index contributed by atoms with van der Waals surface area (Å²) in [5.74, 6) is -1.08. The van der Waals surface area contributed by atoms with Gasteiger partial charge in [0, 0.05) is 22.9 Å². The van der Waals surface area contributed by atoms with Crippen molar-refractivity contribution in [3.05, 3.63) is 92.8 Å². The number of fused-ring (bicyclic) bond motifs is 5. The number of methoxy groups -OCH3 is 1. The zero-order valence-electron chi connectivity index (χ0n) is 26.5. The van der Waals surface area contributed by atoms with Crippen molar-refractivity contribution in [2.75, 3.05) is 19.9 Å². The molecule has 1 atom stereocenters. The summed E-state index contributed by atoms with van der Waals surface area (Å²) in [6, 6.07) is 16.4. The molecular formula is C34H34N4O8S. The van der Waals surface area contributed by atoms with Crippen LogP contribution in [0.4, 0.5) is 0 Å². The molecule has 0 radical (unpaired) electrons. The number of benzene rings is 2. The summed E-state index contributed by atoms with van der Waals surface area (Å²) in [4.78, 5) is 49.8. The van der Waals surface area contributed by atoms with Gasteiger partial charge in [-0.25, -0.2) is 23.0 Å². The Morgan fingerprint density at radius 2 is 1.85 bits per heavy atom. The number of aryl methyl sites for hydroxylation is 1. The van der Waals surface area contributed by atoms with E-state index in [0.717, 1.165) is 34.7 Å². The van der Waals surface area contributed by atoms with Crippen molar-refractivity contribution >= 4 is 38.7 Å². The topological polar surface area (TPSA) is 155 Å². The zero-order chi connectivity index (χ0) is 33.5. The molecule has 0 saturated carbocycles. The van der Waals surface area contributed by atoms with Crippen LogP contribution in [0.5, 0.6) is 5.75 Å². The van der Waals surface area contributed by atoms with Crippen molar-refractivity contribution in [3.8, 4) is 17.1 Å². The Balaban J connectivity index is 1.36. The highest BCUT2D eigenvalue weighted by atomic mass is 32.2. The smallest absolute Gasteiger partial charge is 0.355 e. The SMILES string of the molecule is CCc1c2c(nc3ccccc13)-c1cc3c(c(=O)n1C2)COC(=O)[C@@]3(CC)OC(=O)CN=C(Cc1ccc(OC)cc1)NS(C)(=O)=O. The van der Waals surface area contributed by atoms with E-state index in [-0.39, 0.29) is 42.0 Å². The van der Waals surface area contributed by atoms with Crippen molar-refractivity contribution in [1.82, 2.24) is 14.3 Å². The average Bonchev–Trinajstić information content (AvgIpc) is 3.42. The molecule has 47 heavy (non-hydrogen) atoms. The van der Waals surface area contributed by atoms with Crippen molar-refractivity contribution in [2.45, 2.75) is 51.9 Å². The highest BCUT2D eigenvalue weighted by molar-refractivity contribution is 7.89. The lowest BCUT2D eigenvalue weighted by atomic mass is 9.85. The largest absolute Gasteiger partial charge is 0.497 e. The van der Waals surface area contributed by atoms with Crippen LogP contribution in [0, 0.1) is 0 Å². The minimum atomic E-state index is -3.73. The molecule has 1 N–H and O–H groups in total. The van der Waals surface area contributed by atoms with Gasteiger partial charge >= 0.3 is 11.9 Å². The molecular weight excluding hydrogens is 624 g/mol. The molecule has 2 aliphatic rings. The number of amidine groups is 1. The Labute approximate surface area is 271 Å². The van der Waals surface area contributed by atoms with Gasteiger partial charge in [-0.05, 0) is 48.2 Å². The molecule has 4 heterocycles. The Morgan fingerprint density at radius 1 is 1.11 bits per heavy atom. The molecule has 2 aromatic carbocycles. The summed E-state index contributed by atoms with van der Waals surface area (Å²) >= 11 is 0. The van der Waals surface area contributed by atoms with Gasteiger partial charge in [-0.15, -0.1) is 0 Å². The average molecular weight is 659 g/mol. The molecule has 4 aromatic rings. The molecule has 0 bridgehead atoms. The predicted octanol–water partition coefficient (Wildman–Crippen LogP) is 3.39. The van der Waals surface area contributed by atoms with Crippen LogP contribution in [0.25, 0.3) is 22.3 Å². The first kappa shape index (κ1) is 31.9. The van der Waals surface area contributed by atoms with Gasteiger partial charge in [0.15, 0.2) is 0 Å². The number of hydrogen-bond acceptors (Lipinski definition) is 10. The molecule has 0 spiro atoms. The predicted molar refractivity (Wildman–Crippen MR) is 175 cm³/mol. The number of carbonyl (C=O) groups is 2. The molecule has 0 amide bonds. The number of aromatic nitrogens is 2. The number of sulfonamides is 1. The third kappa shape index (κ3) is 5.86. The Hall–Kier alpha value is -5.04. The molecule has 0 aliphatic carbocycles. The monoisotopic (exact) mass is 658 g/mol. The van der Waals surface area contributed by atoms with Crippen LogP contribution in [0.15, 0.2) is 64.4 Å². The number of ether oxygens (including phenoxy) is 3. The van der Waals surface area contributed by atoms with Gasteiger partial charge in [-0.2, -0.15) is 0 Å². The van der Waals surface area contributed by atoms with Gasteiger partial charge in [-0.1, -0.05) is 44.2 Å². The number of cyclic esters (lactones) is 1. The second kappa shape index (κ2) is 12.3. The Bertz CT molecular complexity index is 2120. The molecule has 2 aromatic heterocycles. The molecule has 13 heteroatoms. The lowest BCUT2D eigenvalue weighted by molar-refractivity contribution is -0.188. The van der Waals surface area contributed by atoms with Gasteiger partial charge in [-0.3, -0.25) is 14.5 Å². The molecule has 0 fully saturated rings. The van der Waals surface area contributed by atoms with Crippen LogP contribution in [-0.2, 0) is 60.7 Å². The molecule has 0 saturated heterocycles. The number of aliphatic imine (C=N–C) groups is 1. The highest BCUT2D eigenvalue weighted by Gasteiger charge is 2.50. The highest BCUT2D eigenvalue weighted by Crippen LogP contribution is 2.42. The van der Waals surface area contributed by atoms with E-state index in [1.54, 1.807) is 41.8 Å². The van der Waals surface area contributed by atoms with Gasteiger partial charge in [0.05, 0.1) is 42.4 Å². The third-order valence-corrected chi connectivity index (χ3v) is 9.16. The first-order valence-electron chi connectivity index (χ1n) is 15.2. The maximum absolute atomic E-state index is 13.9. The van der Waals surface area contributed by atoms with E-state index < -0.39 is 34.1 Å². The summed E-state index contributed by atoms with van der Waals surface area (Å²) in [7, 11) is -2.19. The number of nitrogens with zero attached hydrogens (tertiary/aromatic N) is 3. The summed E-state index contributed by atoms with van der Waals surface area (Å²) in [6.07, 6.45) is 1.76. The fraction of sp³-hybridized carbons (Fsp3) is 0.324. The van der Waals surface area contributed by atoms with E-state index in [1.807, 2.05) is 24.3 Å². The van der Waals surface area contributed by atoms with Gasteiger partial charge < -0.3 is 18.8 Å². The van der Waals surface area contributed by atoms with Gasteiger partial charge in [0.1, 0.15) is 24.7 Å². The Morgan fingerprint density at radius 3 is 2.53 bits per heavy atom. The standard InChI is InChI=1S/C34H34N4O8S/c1-5-22-23-9-7-8-10-27(23)36-31-24(22)18-38-28(31)16-26-25(32(38)40)19-45-33(41)34(26,6-2)46-30(39)17-35-29(37-47(4,42)43)15-20-11-13-21(44-3)14-12-20/h7-14,16H,5-6,15,17-19H2,1-4H3,(H,35,37)/t34-/m0/s1. The van der Waals surface area contributed by atoms with Crippen molar-refractivity contribution in [3.63, 3.8) is 0 Å². The van der Waals surface area contributed by atoms with E-state index in [4.69, 9.17) is 19.2 Å². The molecule has 12 nitrogen and oxygen atoms in total. The first-order valence-corrected chi connectivity index (χ1v) is 17.1. The van der Waals surface area contributed by atoms with Crippen LogP contribution in [-0.4, -0.2) is 55.7 Å². The number of nitrogens with one attached hydrogen (secondary N) is 1. The van der Waals surface area contributed by atoms with Crippen molar-refractivity contribution in [1.29, 1.82) is 0 Å². The second-order valence-corrected chi connectivity index (χ2v) is 13.2. The van der Waals surface area contributed by atoms with E-state index in [2.05, 4.69) is 16.6 Å². The second-order valence-electron chi connectivity index (χ2n) is 11.5. The fourth-order valence-electron chi connectivity index (χ4n) is 6.34. The van der Waals surface area contributed by atoms with E-state index in [9.17, 15) is 22.8 Å². The summed E-state index contributed by atoms with van der Waals surface area (Å²) in [6.45, 7) is 3.18. The number of pyridine rings is 2. The Kier molecular flexibility index (Phi) is 8.35. The molecule has 244 valence electrons. The van der Waals surface area contributed by atoms with Gasteiger partial charge in [0.25, 0.3) is 5.56 Å². The van der Waals surface area contributed by atoms with E-state index in [1.165, 1.54) is 7.11 Å². The minimum absolute atomic E-state index is 0.00415. The van der Waals surface area contributed by atoms with Gasteiger partial charge in [0.2, 0.25) is 15.6 Å². The number of carbonyl (C=O) groups excluding carboxylic acids is 2.